The summed E-state index contributed by atoms with van der Waals surface area (Å²) in [6, 6.07) is 6.58. The van der Waals surface area contributed by atoms with Crippen LogP contribution in [0.2, 0.25) is 10.0 Å². The number of carbonyl (C=O) groups is 1. The van der Waals surface area contributed by atoms with Crippen molar-refractivity contribution in [3.8, 4) is 6.07 Å². The van der Waals surface area contributed by atoms with Crippen molar-refractivity contribution in [1.29, 1.82) is 5.26 Å². The van der Waals surface area contributed by atoms with E-state index in [2.05, 4.69) is 5.32 Å². The summed E-state index contributed by atoms with van der Waals surface area (Å²) in [6.45, 7) is 1.97. The highest BCUT2D eigenvalue weighted by atomic mass is 35.5. The van der Waals surface area contributed by atoms with E-state index in [1.807, 2.05) is 6.07 Å². The average molecular weight is 372 g/mol. The number of hydrogen-bond donors (Lipinski definition) is 1. The van der Waals surface area contributed by atoms with Crippen molar-refractivity contribution < 1.29 is 14.3 Å². The molecule has 0 spiro atoms. The lowest BCUT2D eigenvalue weighted by atomic mass is 10.2. The van der Waals surface area contributed by atoms with Crippen molar-refractivity contribution in [3.63, 3.8) is 0 Å². The van der Waals surface area contributed by atoms with Crippen LogP contribution in [0.5, 0.6) is 0 Å². The van der Waals surface area contributed by atoms with Gasteiger partial charge in [-0.25, -0.2) is 0 Å². The van der Waals surface area contributed by atoms with Crippen LogP contribution in [0.4, 0.5) is 5.69 Å². The van der Waals surface area contributed by atoms with Gasteiger partial charge in [-0.1, -0.05) is 23.2 Å². The van der Waals surface area contributed by atoms with Gasteiger partial charge < -0.3 is 19.7 Å². The van der Waals surface area contributed by atoms with Gasteiger partial charge in [0.15, 0.2) is 0 Å². The first kappa shape index (κ1) is 20.3. The van der Waals surface area contributed by atoms with Crippen LogP contribution in [0.25, 0.3) is 0 Å². The normalized spacial score (nSPS) is 11.0. The Labute approximate surface area is 151 Å². The number of carbonyl (C=O) groups excluding carboxylic acids is 1. The van der Waals surface area contributed by atoms with Crippen LogP contribution in [0.15, 0.2) is 30.0 Å². The summed E-state index contributed by atoms with van der Waals surface area (Å²) >= 11 is 11.9. The number of amides is 1. The van der Waals surface area contributed by atoms with Crippen LogP contribution >= 0.6 is 23.2 Å². The maximum Gasteiger partial charge on any atom is 0.267 e. The van der Waals surface area contributed by atoms with E-state index in [0.717, 1.165) is 0 Å². The standard InChI is InChI=1S/C16H19Cl2N3O3/c1-23-7-5-21(6-8-24-2)11-12(10-19)16(22)20-15-9-13(17)3-4-14(15)18/h3-4,9,11H,5-8H2,1-2H3,(H,20,22)/b12-11-. The van der Waals surface area contributed by atoms with Gasteiger partial charge in [-0.05, 0) is 18.2 Å². The van der Waals surface area contributed by atoms with Crippen LogP contribution in [-0.4, -0.2) is 51.3 Å². The maximum atomic E-state index is 12.3. The summed E-state index contributed by atoms with van der Waals surface area (Å²) in [6.07, 6.45) is 1.48. The van der Waals surface area contributed by atoms with Crippen molar-refractivity contribution in [3.05, 3.63) is 40.0 Å². The molecule has 1 aromatic rings. The molecule has 0 heterocycles. The number of anilines is 1. The van der Waals surface area contributed by atoms with Gasteiger partial charge >= 0.3 is 0 Å². The van der Waals surface area contributed by atoms with Crippen LogP contribution in [0.3, 0.4) is 0 Å². The zero-order valence-corrected chi connectivity index (χ0v) is 15.0. The van der Waals surface area contributed by atoms with E-state index in [1.165, 1.54) is 12.3 Å². The van der Waals surface area contributed by atoms with Crippen LogP contribution in [0, 0.1) is 11.3 Å². The predicted molar refractivity (Wildman–Crippen MR) is 94.1 cm³/mol. The minimum atomic E-state index is -0.568. The van der Waals surface area contributed by atoms with Crippen LogP contribution < -0.4 is 5.32 Å². The zero-order chi connectivity index (χ0) is 17.9. The molecule has 0 aliphatic carbocycles. The number of nitriles is 1. The van der Waals surface area contributed by atoms with E-state index in [9.17, 15) is 10.1 Å². The Morgan fingerprint density at radius 1 is 1.29 bits per heavy atom. The predicted octanol–water partition coefficient (Wildman–Crippen LogP) is 2.93. The molecule has 0 atom stereocenters. The molecule has 1 rings (SSSR count). The third-order valence-corrected chi connectivity index (χ3v) is 3.58. The fourth-order valence-corrected chi connectivity index (χ4v) is 2.10. The molecular formula is C16H19Cl2N3O3. The van der Waals surface area contributed by atoms with Crippen molar-refractivity contribution >= 4 is 34.8 Å². The fraction of sp³-hybridized carbons (Fsp3) is 0.375. The number of nitrogens with zero attached hydrogens (tertiary/aromatic N) is 2. The Morgan fingerprint density at radius 2 is 1.92 bits per heavy atom. The number of hydrogen-bond acceptors (Lipinski definition) is 5. The van der Waals surface area contributed by atoms with Crippen molar-refractivity contribution in [2.45, 2.75) is 0 Å². The molecule has 6 nitrogen and oxygen atoms in total. The molecule has 0 unspecified atom stereocenters. The molecule has 0 saturated carbocycles. The summed E-state index contributed by atoms with van der Waals surface area (Å²) < 4.78 is 10.1. The number of ether oxygens (including phenoxy) is 2. The summed E-state index contributed by atoms with van der Waals surface area (Å²) in [5.74, 6) is -0.568. The molecular weight excluding hydrogens is 353 g/mol. The number of rotatable bonds is 9. The summed E-state index contributed by atoms with van der Waals surface area (Å²) in [7, 11) is 3.16. The quantitative estimate of drug-likeness (QED) is 0.533. The van der Waals surface area contributed by atoms with E-state index in [0.29, 0.717) is 42.0 Å². The first-order chi connectivity index (χ1) is 11.5. The largest absolute Gasteiger partial charge is 0.383 e. The Balaban J connectivity index is 2.89. The highest BCUT2D eigenvalue weighted by Gasteiger charge is 2.13. The first-order valence-electron chi connectivity index (χ1n) is 7.12. The number of halogens is 2. The minimum absolute atomic E-state index is 0.0572. The van der Waals surface area contributed by atoms with Crippen molar-refractivity contribution in [2.75, 3.05) is 45.8 Å². The summed E-state index contributed by atoms with van der Waals surface area (Å²) in [5.41, 5.74) is 0.286. The van der Waals surface area contributed by atoms with E-state index < -0.39 is 5.91 Å². The monoisotopic (exact) mass is 371 g/mol. The molecule has 8 heteroatoms. The zero-order valence-electron chi connectivity index (χ0n) is 13.5. The van der Waals surface area contributed by atoms with Crippen LogP contribution in [-0.2, 0) is 14.3 Å². The van der Waals surface area contributed by atoms with Gasteiger partial charge in [-0.2, -0.15) is 5.26 Å². The third kappa shape index (κ3) is 6.77. The van der Waals surface area contributed by atoms with Gasteiger partial charge in [0.05, 0.1) is 23.9 Å². The second-order valence-electron chi connectivity index (χ2n) is 4.75. The summed E-state index contributed by atoms with van der Waals surface area (Å²) in [5, 5.41) is 12.6. The Bertz CT molecular complexity index is 621. The number of benzene rings is 1. The Kier molecular flexibility index (Phi) is 9.20. The SMILES string of the molecule is COCCN(/C=C(/C#N)C(=O)Nc1cc(Cl)ccc1Cl)CCOC. The van der Waals surface area contributed by atoms with Gasteiger partial charge in [0.1, 0.15) is 11.6 Å². The maximum absolute atomic E-state index is 12.3. The molecule has 0 saturated heterocycles. The third-order valence-electron chi connectivity index (χ3n) is 3.02. The molecule has 0 bridgehead atoms. The van der Waals surface area contributed by atoms with E-state index in [1.54, 1.807) is 31.3 Å². The highest BCUT2D eigenvalue weighted by molar-refractivity contribution is 6.35. The lowest BCUT2D eigenvalue weighted by Gasteiger charge is -2.20. The molecule has 24 heavy (non-hydrogen) atoms. The molecule has 1 amide bonds. The molecule has 0 aliphatic heterocycles. The number of methoxy groups -OCH3 is 2. The van der Waals surface area contributed by atoms with Gasteiger partial charge in [-0.3, -0.25) is 4.79 Å². The first-order valence-corrected chi connectivity index (χ1v) is 7.87. The van der Waals surface area contributed by atoms with Gasteiger partial charge in [0.25, 0.3) is 5.91 Å². The second-order valence-corrected chi connectivity index (χ2v) is 5.60. The molecule has 1 aromatic carbocycles. The smallest absolute Gasteiger partial charge is 0.267 e. The van der Waals surface area contributed by atoms with Crippen molar-refractivity contribution in [1.82, 2.24) is 4.90 Å². The fourth-order valence-electron chi connectivity index (χ4n) is 1.76. The lowest BCUT2D eigenvalue weighted by molar-refractivity contribution is -0.112. The average Bonchev–Trinajstić information content (AvgIpc) is 2.57. The molecule has 0 aliphatic rings. The molecule has 0 fully saturated rings. The molecule has 0 radical (unpaired) electrons. The number of nitrogens with one attached hydrogen (secondary N) is 1. The topological polar surface area (TPSA) is 74.6 Å². The van der Waals surface area contributed by atoms with Gasteiger partial charge in [0, 0.05) is 38.5 Å². The van der Waals surface area contributed by atoms with Gasteiger partial charge in [0.2, 0.25) is 0 Å². The van der Waals surface area contributed by atoms with Gasteiger partial charge in [-0.15, -0.1) is 0 Å². The van der Waals surface area contributed by atoms with E-state index in [-0.39, 0.29) is 5.57 Å². The minimum Gasteiger partial charge on any atom is -0.383 e. The molecule has 1 N–H and O–H groups in total. The summed E-state index contributed by atoms with van der Waals surface area (Å²) in [4.78, 5) is 14.1. The van der Waals surface area contributed by atoms with Crippen LogP contribution in [0.1, 0.15) is 0 Å². The Morgan fingerprint density at radius 3 is 2.46 bits per heavy atom. The highest BCUT2D eigenvalue weighted by Crippen LogP contribution is 2.25. The van der Waals surface area contributed by atoms with E-state index in [4.69, 9.17) is 32.7 Å². The Hall–Kier alpha value is -1.78. The second kappa shape index (κ2) is 10.9. The molecule has 130 valence electrons. The lowest BCUT2D eigenvalue weighted by Crippen LogP contribution is -2.27. The van der Waals surface area contributed by atoms with Crippen molar-refractivity contribution in [2.24, 2.45) is 0 Å². The van der Waals surface area contributed by atoms with E-state index >= 15 is 0 Å². The molecule has 0 aromatic heterocycles.